The number of carbonyl (C=O) groups is 3. The van der Waals surface area contributed by atoms with Crippen molar-refractivity contribution in [1.29, 1.82) is 0 Å². The Bertz CT molecular complexity index is 895. The number of alkyl carbamates (subject to hydrolysis) is 1. The Hall–Kier alpha value is -2.61. The summed E-state index contributed by atoms with van der Waals surface area (Å²) in [5, 5.41) is 15.5. The van der Waals surface area contributed by atoms with Crippen LogP contribution in [0, 0.1) is 19.8 Å². The van der Waals surface area contributed by atoms with Gasteiger partial charge in [-0.25, -0.2) is 4.79 Å². The second-order valence-electron chi connectivity index (χ2n) is 10.6. The first-order valence-electron chi connectivity index (χ1n) is 12.7. The highest BCUT2D eigenvalue weighted by atomic mass is 16.6. The normalized spacial score (nSPS) is 18.9. The molecule has 4 unspecified atom stereocenters. The fourth-order valence-electron chi connectivity index (χ4n) is 4.16. The molecule has 1 aromatic carbocycles. The molecule has 8 nitrogen and oxygen atoms in total. The third kappa shape index (κ3) is 7.95. The zero-order chi connectivity index (χ0) is 26.3. The Kier molecular flexibility index (Phi) is 10.1. The number of hydrogen-bond donors (Lipinski definition) is 3. The minimum absolute atomic E-state index is 0.164. The molecule has 2 rings (SSSR count). The smallest absolute Gasteiger partial charge is 0.408 e. The van der Waals surface area contributed by atoms with Gasteiger partial charge in [-0.05, 0) is 70.1 Å². The molecular formula is C27H43N3O5. The SMILES string of the molecule is CCCCCNC(=O)C(c1cccc(C)c1C)N(C(=O)C(CO)NC(=O)OC(C)(C)C)C1CC1C. The summed E-state index contributed by atoms with van der Waals surface area (Å²) >= 11 is 0. The van der Waals surface area contributed by atoms with Crippen LogP contribution in [0.1, 0.15) is 83.0 Å². The van der Waals surface area contributed by atoms with Gasteiger partial charge in [-0.3, -0.25) is 9.59 Å². The maximum atomic E-state index is 13.8. The Morgan fingerprint density at radius 3 is 2.40 bits per heavy atom. The topological polar surface area (TPSA) is 108 Å². The number of unbranched alkanes of at least 4 members (excludes halogenated alkanes) is 2. The van der Waals surface area contributed by atoms with Gasteiger partial charge in [-0.2, -0.15) is 0 Å². The van der Waals surface area contributed by atoms with E-state index in [-0.39, 0.29) is 17.9 Å². The number of nitrogens with one attached hydrogen (secondary N) is 2. The fraction of sp³-hybridized carbons (Fsp3) is 0.667. The van der Waals surface area contributed by atoms with Crippen LogP contribution in [0.2, 0.25) is 0 Å². The molecule has 35 heavy (non-hydrogen) atoms. The van der Waals surface area contributed by atoms with Gasteiger partial charge in [0.1, 0.15) is 17.7 Å². The lowest BCUT2D eigenvalue weighted by Gasteiger charge is -2.35. The van der Waals surface area contributed by atoms with E-state index in [1.54, 1.807) is 25.7 Å². The summed E-state index contributed by atoms with van der Waals surface area (Å²) in [7, 11) is 0. The number of ether oxygens (including phenoxy) is 1. The molecule has 0 aliphatic heterocycles. The minimum Gasteiger partial charge on any atom is -0.444 e. The van der Waals surface area contributed by atoms with Crippen LogP contribution in [0.5, 0.6) is 0 Å². The predicted octanol–water partition coefficient (Wildman–Crippen LogP) is 3.77. The lowest BCUT2D eigenvalue weighted by molar-refractivity contribution is -0.144. The molecule has 8 heteroatoms. The molecule has 0 spiro atoms. The highest BCUT2D eigenvalue weighted by Crippen LogP contribution is 2.41. The molecule has 1 aromatic rings. The summed E-state index contributed by atoms with van der Waals surface area (Å²) in [6, 6.07) is 3.48. The quantitative estimate of drug-likeness (QED) is 0.410. The Morgan fingerprint density at radius 2 is 1.86 bits per heavy atom. The number of amides is 3. The predicted molar refractivity (Wildman–Crippen MR) is 136 cm³/mol. The van der Waals surface area contributed by atoms with Gasteiger partial charge in [0.25, 0.3) is 0 Å². The van der Waals surface area contributed by atoms with Crippen LogP contribution < -0.4 is 10.6 Å². The van der Waals surface area contributed by atoms with E-state index in [9.17, 15) is 19.5 Å². The molecule has 1 saturated carbocycles. The van der Waals surface area contributed by atoms with Crippen molar-refractivity contribution in [2.75, 3.05) is 13.2 Å². The number of aliphatic hydroxyl groups is 1. The standard InChI is InChI=1S/C27H43N3O5/c1-8-9-10-14-28-24(32)23(20-13-11-12-17(2)19(20)4)30(22-15-18(22)3)25(33)21(16-31)29-26(34)35-27(5,6)7/h11-13,18,21-23,31H,8-10,14-16H2,1-7H3,(H,28,32)(H,29,34). The van der Waals surface area contributed by atoms with Crippen molar-refractivity contribution < 1.29 is 24.2 Å². The third-order valence-corrected chi connectivity index (χ3v) is 6.40. The van der Waals surface area contributed by atoms with Crippen LogP contribution in [0.25, 0.3) is 0 Å². The number of rotatable bonds is 11. The number of benzene rings is 1. The number of hydrogen-bond acceptors (Lipinski definition) is 5. The zero-order valence-corrected chi connectivity index (χ0v) is 22.3. The Balaban J connectivity index is 2.42. The van der Waals surface area contributed by atoms with E-state index in [0.29, 0.717) is 6.54 Å². The average molecular weight is 490 g/mol. The molecule has 3 amide bonds. The number of carbonyl (C=O) groups excluding carboxylic acids is 3. The third-order valence-electron chi connectivity index (χ3n) is 6.40. The maximum Gasteiger partial charge on any atom is 0.408 e. The van der Waals surface area contributed by atoms with Gasteiger partial charge in [0, 0.05) is 12.6 Å². The van der Waals surface area contributed by atoms with E-state index in [1.165, 1.54) is 0 Å². The van der Waals surface area contributed by atoms with Crippen molar-refractivity contribution in [3.63, 3.8) is 0 Å². The lowest BCUT2D eigenvalue weighted by Crippen LogP contribution is -2.55. The monoisotopic (exact) mass is 489 g/mol. The zero-order valence-electron chi connectivity index (χ0n) is 22.3. The second kappa shape index (κ2) is 12.4. The molecule has 1 aliphatic carbocycles. The molecular weight excluding hydrogens is 446 g/mol. The lowest BCUT2D eigenvalue weighted by atomic mass is 9.94. The van der Waals surface area contributed by atoms with Gasteiger partial charge in [0.15, 0.2) is 0 Å². The maximum absolute atomic E-state index is 13.8. The molecule has 4 atom stereocenters. The summed E-state index contributed by atoms with van der Waals surface area (Å²) in [5.41, 5.74) is 1.96. The van der Waals surface area contributed by atoms with E-state index >= 15 is 0 Å². The molecule has 1 fully saturated rings. The molecule has 0 saturated heterocycles. The molecule has 0 aromatic heterocycles. The van der Waals surface area contributed by atoms with Crippen LogP contribution in [-0.4, -0.2) is 58.8 Å². The van der Waals surface area contributed by atoms with Crippen LogP contribution in [-0.2, 0) is 14.3 Å². The van der Waals surface area contributed by atoms with Crippen molar-refractivity contribution in [2.24, 2.45) is 5.92 Å². The average Bonchev–Trinajstić information content (AvgIpc) is 3.49. The van der Waals surface area contributed by atoms with E-state index in [0.717, 1.165) is 42.4 Å². The number of aryl methyl sites for hydroxylation is 1. The minimum atomic E-state index is -1.22. The summed E-state index contributed by atoms with van der Waals surface area (Å²) in [4.78, 5) is 41.4. The molecule has 0 radical (unpaired) electrons. The Morgan fingerprint density at radius 1 is 1.20 bits per heavy atom. The first kappa shape index (κ1) is 28.6. The van der Waals surface area contributed by atoms with Crippen molar-refractivity contribution >= 4 is 17.9 Å². The molecule has 3 N–H and O–H groups in total. The van der Waals surface area contributed by atoms with Crippen molar-refractivity contribution in [1.82, 2.24) is 15.5 Å². The van der Waals surface area contributed by atoms with Crippen LogP contribution in [0.15, 0.2) is 18.2 Å². The van der Waals surface area contributed by atoms with Gasteiger partial charge in [0.05, 0.1) is 6.61 Å². The first-order chi connectivity index (χ1) is 16.4. The summed E-state index contributed by atoms with van der Waals surface area (Å²) in [6.45, 7) is 13.1. The van der Waals surface area contributed by atoms with E-state index in [1.807, 2.05) is 39.0 Å². The van der Waals surface area contributed by atoms with Crippen molar-refractivity contribution in [3.8, 4) is 0 Å². The molecule has 196 valence electrons. The highest BCUT2D eigenvalue weighted by Gasteiger charge is 2.48. The summed E-state index contributed by atoms with van der Waals surface area (Å²) in [5.74, 6) is -0.543. The van der Waals surface area contributed by atoms with Crippen LogP contribution >= 0.6 is 0 Å². The van der Waals surface area contributed by atoms with E-state index < -0.39 is 36.3 Å². The van der Waals surface area contributed by atoms with E-state index in [4.69, 9.17) is 4.74 Å². The molecule has 0 bridgehead atoms. The van der Waals surface area contributed by atoms with Crippen LogP contribution in [0.3, 0.4) is 0 Å². The fourth-order valence-corrected chi connectivity index (χ4v) is 4.16. The molecule has 0 heterocycles. The largest absolute Gasteiger partial charge is 0.444 e. The summed E-state index contributed by atoms with van der Waals surface area (Å²) in [6.07, 6.45) is 2.86. The number of aliphatic hydroxyl groups excluding tert-OH is 1. The van der Waals surface area contributed by atoms with Gasteiger partial charge < -0.3 is 25.4 Å². The van der Waals surface area contributed by atoms with Gasteiger partial charge >= 0.3 is 6.09 Å². The molecule has 1 aliphatic rings. The van der Waals surface area contributed by atoms with Gasteiger partial charge in [0.2, 0.25) is 11.8 Å². The van der Waals surface area contributed by atoms with Crippen molar-refractivity contribution in [2.45, 2.75) is 97.9 Å². The first-order valence-corrected chi connectivity index (χ1v) is 12.7. The van der Waals surface area contributed by atoms with E-state index in [2.05, 4.69) is 17.6 Å². The van der Waals surface area contributed by atoms with Gasteiger partial charge in [-0.1, -0.05) is 44.9 Å². The van der Waals surface area contributed by atoms with Gasteiger partial charge in [-0.15, -0.1) is 0 Å². The van der Waals surface area contributed by atoms with Crippen LogP contribution in [0.4, 0.5) is 4.79 Å². The highest BCUT2D eigenvalue weighted by molar-refractivity contribution is 5.93. The Labute approximate surface area is 209 Å². The second-order valence-corrected chi connectivity index (χ2v) is 10.6. The number of nitrogens with zero attached hydrogens (tertiary/aromatic N) is 1. The van der Waals surface area contributed by atoms with Crippen molar-refractivity contribution in [3.05, 3.63) is 34.9 Å². The summed E-state index contributed by atoms with van der Waals surface area (Å²) < 4.78 is 5.29.